The van der Waals surface area contributed by atoms with Crippen LogP contribution in [0.3, 0.4) is 0 Å². The van der Waals surface area contributed by atoms with Crippen LogP contribution in [0.1, 0.15) is 42.4 Å². The van der Waals surface area contributed by atoms with Gasteiger partial charge in [-0.25, -0.2) is 0 Å². The Kier molecular flexibility index (Phi) is 9.88. The number of carbonyl (C=O) groups excluding carboxylic acids is 2. The van der Waals surface area contributed by atoms with Gasteiger partial charge in [0, 0.05) is 29.8 Å². The van der Waals surface area contributed by atoms with Crippen LogP contribution in [-0.4, -0.2) is 34.6 Å². The zero-order chi connectivity index (χ0) is 25.2. The first kappa shape index (κ1) is 26.3. The molecule has 6 heteroatoms. The summed E-state index contributed by atoms with van der Waals surface area (Å²) in [5.41, 5.74) is 3.17. The van der Waals surface area contributed by atoms with E-state index in [1.54, 1.807) is 16.7 Å². The fraction of sp³-hybridized carbons (Fsp3) is 0.333. The third-order valence-electron chi connectivity index (χ3n) is 6.58. The lowest BCUT2D eigenvalue weighted by Gasteiger charge is -2.32. The van der Waals surface area contributed by atoms with E-state index in [1.807, 2.05) is 72.8 Å². The molecule has 188 valence electrons. The number of benzene rings is 3. The zero-order valence-corrected chi connectivity index (χ0v) is 22.0. The molecule has 4 nitrogen and oxygen atoms in total. The molecular weight excluding hydrogens is 488 g/mol. The Labute approximate surface area is 223 Å². The maximum absolute atomic E-state index is 13.7. The van der Waals surface area contributed by atoms with Gasteiger partial charge >= 0.3 is 0 Å². The van der Waals surface area contributed by atoms with Crippen LogP contribution in [0.25, 0.3) is 0 Å². The first-order chi connectivity index (χ1) is 17.6. The minimum absolute atomic E-state index is 0.0339. The van der Waals surface area contributed by atoms with E-state index >= 15 is 0 Å². The van der Waals surface area contributed by atoms with Crippen molar-refractivity contribution < 1.29 is 9.59 Å². The summed E-state index contributed by atoms with van der Waals surface area (Å²) in [6, 6.07) is 27.2. The van der Waals surface area contributed by atoms with Crippen molar-refractivity contribution in [2.45, 2.75) is 56.5 Å². The average Bonchev–Trinajstić information content (AvgIpc) is 3.41. The molecule has 36 heavy (non-hydrogen) atoms. The van der Waals surface area contributed by atoms with Crippen LogP contribution in [0.15, 0.2) is 84.9 Å². The number of rotatable bonds is 11. The predicted molar refractivity (Wildman–Crippen MR) is 149 cm³/mol. The standard InChI is InChI=1S/C30H33ClN2O2S/c31-26-17-15-24(16-18-26)20-33(29(34)22-36-21-25-11-5-2-6-12-25)28(19-23-9-3-1-4-10-23)30(35)32-27-13-7-8-14-27/h1-6,9-12,15-18,27-28H,7-8,13-14,19-22H2,(H,32,35)/t28-/m0/s1. The molecule has 0 bridgehead atoms. The van der Waals surface area contributed by atoms with Gasteiger partial charge in [0.15, 0.2) is 0 Å². The summed E-state index contributed by atoms with van der Waals surface area (Å²) in [4.78, 5) is 29.1. The van der Waals surface area contributed by atoms with E-state index in [0.717, 1.165) is 42.6 Å². The summed E-state index contributed by atoms with van der Waals surface area (Å²) in [7, 11) is 0. The topological polar surface area (TPSA) is 49.4 Å². The Morgan fingerprint density at radius 3 is 2.11 bits per heavy atom. The second-order valence-electron chi connectivity index (χ2n) is 9.32. The fourth-order valence-electron chi connectivity index (χ4n) is 4.62. The summed E-state index contributed by atoms with van der Waals surface area (Å²) >= 11 is 7.69. The molecular formula is C30H33ClN2O2S. The molecule has 0 spiro atoms. The van der Waals surface area contributed by atoms with Gasteiger partial charge in [-0.3, -0.25) is 9.59 Å². The molecule has 0 aliphatic heterocycles. The average molecular weight is 521 g/mol. The molecule has 4 rings (SSSR count). The van der Waals surface area contributed by atoms with Gasteiger partial charge in [0.1, 0.15) is 6.04 Å². The number of carbonyl (C=O) groups is 2. The number of nitrogens with one attached hydrogen (secondary N) is 1. The molecule has 3 aromatic carbocycles. The zero-order valence-electron chi connectivity index (χ0n) is 20.4. The highest BCUT2D eigenvalue weighted by Gasteiger charge is 2.32. The summed E-state index contributed by atoms with van der Waals surface area (Å²) in [5, 5.41) is 3.90. The summed E-state index contributed by atoms with van der Waals surface area (Å²) in [6.07, 6.45) is 4.75. The van der Waals surface area contributed by atoms with E-state index in [1.165, 1.54) is 5.56 Å². The van der Waals surface area contributed by atoms with Crippen molar-refractivity contribution in [2.24, 2.45) is 0 Å². The number of amides is 2. The lowest BCUT2D eigenvalue weighted by atomic mass is 10.0. The number of hydrogen-bond donors (Lipinski definition) is 1. The van der Waals surface area contributed by atoms with Gasteiger partial charge < -0.3 is 10.2 Å². The highest BCUT2D eigenvalue weighted by molar-refractivity contribution is 7.99. The Morgan fingerprint density at radius 1 is 0.861 bits per heavy atom. The van der Waals surface area contributed by atoms with Gasteiger partial charge in [0.25, 0.3) is 0 Å². The number of nitrogens with zero attached hydrogens (tertiary/aromatic N) is 1. The van der Waals surface area contributed by atoms with Gasteiger partial charge in [-0.2, -0.15) is 0 Å². The summed E-state index contributed by atoms with van der Waals surface area (Å²) in [5.74, 6) is 0.957. The first-order valence-corrected chi connectivity index (χ1v) is 14.1. The van der Waals surface area contributed by atoms with Crippen LogP contribution in [-0.2, 0) is 28.3 Å². The molecule has 0 radical (unpaired) electrons. The largest absolute Gasteiger partial charge is 0.352 e. The Balaban J connectivity index is 1.56. The highest BCUT2D eigenvalue weighted by atomic mass is 35.5. The molecule has 1 aliphatic rings. The fourth-order valence-corrected chi connectivity index (χ4v) is 5.62. The van der Waals surface area contributed by atoms with Crippen LogP contribution in [0.5, 0.6) is 0 Å². The third-order valence-corrected chi connectivity index (χ3v) is 7.82. The van der Waals surface area contributed by atoms with Crippen molar-refractivity contribution in [2.75, 3.05) is 5.75 Å². The molecule has 0 heterocycles. The number of hydrogen-bond acceptors (Lipinski definition) is 3. The molecule has 3 aromatic rings. The van der Waals surface area contributed by atoms with E-state index in [4.69, 9.17) is 11.6 Å². The van der Waals surface area contributed by atoms with Crippen molar-refractivity contribution in [3.63, 3.8) is 0 Å². The second kappa shape index (κ2) is 13.5. The first-order valence-electron chi connectivity index (χ1n) is 12.6. The van der Waals surface area contributed by atoms with Gasteiger partial charge in [0.2, 0.25) is 11.8 Å². The normalized spacial score (nSPS) is 14.4. The molecule has 1 N–H and O–H groups in total. The van der Waals surface area contributed by atoms with E-state index in [9.17, 15) is 9.59 Å². The van der Waals surface area contributed by atoms with Crippen LogP contribution in [0.2, 0.25) is 5.02 Å². The van der Waals surface area contributed by atoms with Crippen molar-refractivity contribution in [1.29, 1.82) is 0 Å². The van der Waals surface area contributed by atoms with E-state index in [0.29, 0.717) is 23.7 Å². The summed E-state index contributed by atoms with van der Waals surface area (Å²) < 4.78 is 0. The Hall–Kier alpha value is -2.76. The van der Waals surface area contributed by atoms with Gasteiger partial charge in [-0.1, -0.05) is 97.2 Å². The van der Waals surface area contributed by atoms with Gasteiger partial charge in [-0.15, -0.1) is 11.8 Å². The molecule has 0 unspecified atom stereocenters. The van der Waals surface area contributed by atoms with Crippen LogP contribution in [0.4, 0.5) is 0 Å². The molecule has 2 amide bonds. The second-order valence-corrected chi connectivity index (χ2v) is 10.7. The predicted octanol–water partition coefficient (Wildman–Crippen LogP) is 6.27. The van der Waals surface area contributed by atoms with Crippen molar-refractivity contribution in [3.05, 3.63) is 107 Å². The van der Waals surface area contributed by atoms with E-state index in [-0.39, 0.29) is 17.9 Å². The van der Waals surface area contributed by atoms with Gasteiger partial charge in [0.05, 0.1) is 5.75 Å². The summed E-state index contributed by atoms with van der Waals surface area (Å²) in [6.45, 7) is 0.359. The third kappa shape index (κ3) is 7.87. The van der Waals surface area contributed by atoms with Gasteiger partial charge in [-0.05, 0) is 41.7 Å². The molecule has 1 aliphatic carbocycles. The molecule has 1 saturated carbocycles. The lowest BCUT2D eigenvalue weighted by molar-refractivity contribution is -0.139. The lowest BCUT2D eigenvalue weighted by Crippen LogP contribution is -2.52. The number of halogens is 1. The van der Waals surface area contributed by atoms with E-state index < -0.39 is 6.04 Å². The van der Waals surface area contributed by atoms with Crippen molar-refractivity contribution in [3.8, 4) is 0 Å². The van der Waals surface area contributed by atoms with E-state index in [2.05, 4.69) is 17.4 Å². The van der Waals surface area contributed by atoms with Crippen LogP contribution < -0.4 is 5.32 Å². The smallest absolute Gasteiger partial charge is 0.243 e. The molecule has 0 aromatic heterocycles. The minimum atomic E-state index is -0.589. The Morgan fingerprint density at radius 2 is 1.47 bits per heavy atom. The monoisotopic (exact) mass is 520 g/mol. The minimum Gasteiger partial charge on any atom is -0.352 e. The number of thioether (sulfide) groups is 1. The quantitative estimate of drug-likeness (QED) is 0.324. The highest BCUT2D eigenvalue weighted by Crippen LogP contribution is 2.22. The van der Waals surface area contributed by atoms with Crippen LogP contribution in [0, 0.1) is 0 Å². The SMILES string of the molecule is O=C(NC1CCCC1)[C@H](Cc1ccccc1)N(Cc1ccc(Cl)cc1)C(=O)CSCc1ccccc1. The van der Waals surface area contributed by atoms with Crippen molar-refractivity contribution >= 4 is 35.2 Å². The molecule has 1 fully saturated rings. The van der Waals surface area contributed by atoms with Crippen LogP contribution >= 0.6 is 23.4 Å². The maximum Gasteiger partial charge on any atom is 0.243 e. The van der Waals surface area contributed by atoms with Crippen molar-refractivity contribution in [1.82, 2.24) is 10.2 Å². The molecule has 1 atom stereocenters. The molecule has 0 saturated heterocycles. The Bertz CT molecular complexity index is 1100. The maximum atomic E-state index is 13.7.